The fraction of sp³-hybridized carbons (Fsp3) is 0.500. The van der Waals surface area contributed by atoms with E-state index in [-0.39, 0.29) is 36.2 Å². The minimum atomic E-state index is -0.253. The number of piperazine rings is 1. The van der Waals surface area contributed by atoms with Crippen molar-refractivity contribution in [3.05, 3.63) is 59.4 Å². The second kappa shape index (κ2) is 10.8. The third-order valence-corrected chi connectivity index (χ3v) is 7.50. The summed E-state index contributed by atoms with van der Waals surface area (Å²) < 4.78 is 5.09. The fourth-order valence-corrected chi connectivity index (χ4v) is 5.40. The first-order valence-electron chi connectivity index (χ1n) is 12.8. The number of hydrazine groups is 1. The minimum Gasteiger partial charge on any atom is -0.450 e. The number of pyridine rings is 1. The Morgan fingerprint density at radius 3 is 2.61 bits per heavy atom. The lowest BCUT2D eigenvalue weighted by Crippen LogP contribution is -2.49. The highest BCUT2D eigenvalue weighted by Crippen LogP contribution is 2.32. The number of carbonyl (C=O) groups excluding carboxylic acids is 2. The van der Waals surface area contributed by atoms with Crippen LogP contribution in [0, 0.1) is 12.8 Å². The van der Waals surface area contributed by atoms with Crippen LogP contribution in [-0.2, 0) is 4.74 Å². The molecule has 1 aromatic carbocycles. The van der Waals surface area contributed by atoms with E-state index in [4.69, 9.17) is 4.74 Å². The van der Waals surface area contributed by atoms with Gasteiger partial charge in [0.15, 0.2) is 0 Å². The Labute approximate surface area is 211 Å². The average molecular weight is 494 g/mol. The molecule has 0 bridgehead atoms. The first kappa shape index (κ1) is 24.5. The molecular formula is C26H35N7O3. The van der Waals surface area contributed by atoms with E-state index in [2.05, 4.69) is 38.3 Å². The van der Waals surface area contributed by atoms with Crippen molar-refractivity contribution in [1.82, 2.24) is 31.4 Å². The number of aromatic nitrogens is 1. The number of nitrogens with one attached hydrogen (secondary N) is 4. The molecule has 3 aliphatic rings. The molecule has 4 atom stereocenters. The van der Waals surface area contributed by atoms with Gasteiger partial charge in [0.1, 0.15) is 0 Å². The number of hydrogen-bond acceptors (Lipinski definition) is 8. The summed E-state index contributed by atoms with van der Waals surface area (Å²) >= 11 is 0. The van der Waals surface area contributed by atoms with Crippen LogP contribution in [-0.4, -0.2) is 73.4 Å². The molecule has 0 saturated carbocycles. The van der Waals surface area contributed by atoms with Crippen molar-refractivity contribution in [1.29, 1.82) is 0 Å². The van der Waals surface area contributed by atoms with E-state index in [1.165, 1.54) is 11.1 Å². The molecule has 36 heavy (non-hydrogen) atoms. The van der Waals surface area contributed by atoms with Crippen LogP contribution in [0.25, 0.3) is 0 Å². The first-order valence-corrected chi connectivity index (χ1v) is 12.8. The van der Waals surface area contributed by atoms with Gasteiger partial charge in [0, 0.05) is 74.4 Å². The molecule has 5 rings (SSSR count). The molecule has 4 unspecified atom stereocenters. The van der Waals surface area contributed by atoms with E-state index in [0.29, 0.717) is 25.3 Å². The largest absolute Gasteiger partial charge is 0.450 e. The van der Waals surface area contributed by atoms with Crippen LogP contribution < -0.4 is 26.4 Å². The summed E-state index contributed by atoms with van der Waals surface area (Å²) in [7, 11) is 0. The van der Waals surface area contributed by atoms with Crippen molar-refractivity contribution in [2.45, 2.75) is 38.5 Å². The van der Waals surface area contributed by atoms with E-state index < -0.39 is 0 Å². The Bertz CT molecular complexity index is 1070. The van der Waals surface area contributed by atoms with Gasteiger partial charge in [-0.25, -0.2) is 10.2 Å². The lowest BCUT2D eigenvalue weighted by molar-refractivity contribution is 0.0913. The van der Waals surface area contributed by atoms with Crippen molar-refractivity contribution in [3.8, 4) is 0 Å². The number of hydrogen-bond donors (Lipinski definition) is 4. The Kier molecular flexibility index (Phi) is 7.35. The van der Waals surface area contributed by atoms with Crippen LogP contribution in [0.15, 0.2) is 42.7 Å². The maximum absolute atomic E-state index is 13.1. The number of ether oxygens (including phenoxy) is 1. The van der Waals surface area contributed by atoms with Crippen LogP contribution in [0.4, 0.5) is 10.5 Å². The van der Waals surface area contributed by atoms with Gasteiger partial charge in [-0.15, -0.1) is 0 Å². The number of carbonyl (C=O) groups is 2. The van der Waals surface area contributed by atoms with Gasteiger partial charge in [-0.2, -0.15) is 0 Å². The van der Waals surface area contributed by atoms with Crippen molar-refractivity contribution >= 4 is 17.7 Å². The molecule has 1 aromatic heterocycles. The van der Waals surface area contributed by atoms with Gasteiger partial charge in [0.05, 0.1) is 12.8 Å². The molecular weight excluding hydrogens is 458 g/mol. The average Bonchev–Trinajstić information content (AvgIpc) is 3.31. The second-order valence-electron chi connectivity index (χ2n) is 9.66. The van der Waals surface area contributed by atoms with Crippen molar-refractivity contribution < 1.29 is 14.3 Å². The maximum atomic E-state index is 13.1. The zero-order chi connectivity index (χ0) is 25.1. The summed E-state index contributed by atoms with van der Waals surface area (Å²) in [5.74, 6) is 0.163. The van der Waals surface area contributed by atoms with Crippen molar-refractivity contribution in [2.24, 2.45) is 5.92 Å². The van der Waals surface area contributed by atoms with Crippen LogP contribution in [0.1, 0.15) is 40.9 Å². The zero-order valence-corrected chi connectivity index (χ0v) is 20.9. The van der Waals surface area contributed by atoms with E-state index in [0.717, 1.165) is 31.7 Å². The monoisotopic (exact) mass is 493 g/mol. The summed E-state index contributed by atoms with van der Waals surface area (Å²) in [5.41, 5.74) is 10.7. The molecule has 0 spiro atoms. The summed E-state index contributed by atoms with van der Waals surface area (Å²) in [5, 5.41) is 6.80. The Morgan fingerprint density at radius 1 is 1.11 bits per heavy atom. The Balaban J connectivity index is 1.17. The maximum Gasteiger partial charge on any atom is 0.409 e. The van der Waals surface area contributed by atoms with Crippen LogP contribution in [0.2, 0.25) is 0 Å². The van der Waals surface area contributed by atoms with Gasteiger partial charge in [-0.3, -0.25) is 15.2 Å². The Morgan fingerprint density at radius 2 is 1.89 bits per heavy atom. The summed E-state index contributed by atoms with van der Waals surface area (Å²) in [6, 6.07) is 10.2. The number of piperidine rings is 1. The molecule has 10 heteroatoms. The highest BCUT2D eigenvalue weighted by molar-refractivity contribution is 5.94. The second-order valence-corrected chi connectivity index (χ2v) is 9.66. The Hall–Kier alpha value is -3.21. The lowest BCUT2D eigenvalue weighted by Gasteiger charge is -2.35. The van der Waals surface area contributed by atoms with Gasteiger partial charge >= 0.3 is 6.09 Å². The topological polar surface area (TPSA) is 111 Å². The minimum absolute atomic E-state index is 0.0960. The number of anilines is 1. The van der Waals surface area contributed by atoms with Gasteiger partial charge in [-0.05, 0) is 61.7 Å². The number of aryl methyl sites for hydroxylation is 1. The molecule has 3 fully saturated rings. The number of fused-ring (bicyclic) bond motifs is 1. The molecule has 4 heterocycles. The number of rotatable bonds is 5. The molecule has 2 aromatic rings. The lowest BCUT2D eigenvalue weighted by atomic mass is 9.84. The van der Waals surface area contributed by atoms with Crippen LogP contribution in [0.3, 0.4) is 0 Å². The summed E-state index contributed by atoms with van der Waals surface area (Å²) in [4.78, 5) is 33.3. The molecule has 3 aliphatic heterocycles. The van der Waals surface area contributed by atoms with Gasteiger partial charge < -0.3 is 25.2 Å². The molecule has 0 aliphatic carbocycles. The third kappa shape index (κ3) is 5.16. The van der Waals surface area contributed by atoms with Gasteiger partial charge in [-0.1, -0.05) is 0 Å². The SMILES string of the molecule is CCOC(=O)N1CCN(c2ccc(C(=O)NC3NNC4CNC(c5cnccc5C)CC43)cc2)CC1. The van der Waals surface area contributed by atoms with Gasteiger partial charge in [0.2, 0.25) is 0 Å². The molecule has 0 radical (unpaired) electrons. The van der Waals surface area contributed by atoms with E-state index in [1.807, 2.05) is 49.6 Å². The highest BCUT2D eigenvalue weighted by atomic mass is 16.6. The van der Waals surface area contributed by atoms with Crippen molar-refractivity contribution in [2.75, 3.05) is 44.2 Å². The summed E-state index contributed by atoms with van der Waals surface area (Å²) in [6.07, 6.45) is 4.26. The van der Waals surface area contributed by atoms with Gasteiger partial charge in [0.25, 0.3) is 5.91 Å². The standard InChI is InChI=1S/C26H35N7O3/c1-3-36-26(35)33-12-10-32(11-13-33)19-6-4-18(5-7-19)25(34)29-24-20-14-22(28-16-23(20)30-31-24)21-15-27-9-8-17(21)2/h4-9,15,20,22-24,28,30-31H,3,10-14,16H2,1-2H3,(H,29,34). The predicted molar refractivity (Wildman–Crippen MR) is 136 cm³/mol. The molecule has 10 nitrogen and oxygen atoms in total. The quantitative estimate of drug-likeness (QED) is 0.497. The highest BCUT2D eigenvalue weighted by Gasteiger charge is 2.41. The third-order valence-electron chi connectivity index (χ3n) is 7.50. The smallest absolute Gasteiger partial charge is 0.409 e. The zero-order valence-electron chi connectivity index (χ0n) is 20.9. The van der Waals surface area contributed by atoms with E-state index in [9.17, 15) is 9.59 Å². The number of nitrogens with zero attached hydrogens (tertiary/aromatic N) is 3. The number of amides is 2. The van der Waals surface area contributed by atoms with E-state index >= 15 is 0 Å². The van der Waals surface area contributed by atoms with E-state index in [1.54, 1.807) is 4.90 Å². The number of benzene rings is 1. The fourth-order valence-electron chi connectivity index (χ4n) is 5.40. The summed E-state index contributed by atoms with van der Waals surface area (Å²) in [6.45, 7) is 7.85. The molecule has 4 N–H and O–H groups in total. The normalized spacial score (nSPS) is 25.8. The first-order chi connectivity index (χ1) is 17.5. The predicted octanol–water partition coefficient (Wildman–Crippen LogP) is 1.55. The molecule has 192 valence electrons. The van der Waals surface area contributed by atoms with Crippen molar-refractivity contribution in [3.63, 3.8) is 0 Å². The van der Waals surface area contributed by atoms with Crippen LogP contribution in [0.5, 0.6) is 0 Å². The van der Waals surface area contributed by atoms with Crippen LogP contribution >= 0.6 is 0 Å². The molecule has 2 amide bonds. The molecule has 3 saturated heterocycles.